The van der Waals surface area contributed by atoms with Crippen molar-refractivity contribution in [2.45, 2.75) is 45.9 Å². The van der Waals surface area contributed by atoms with Crippen LogP contribution >= 0.6 is 0 Å². The molecule has 0 amide bonds. The van der Waals surface area contributed by atoms with E-state index >= 15 is 0 Å². The molecule has 0 bridgehead atoms. The second kappa shape index (κ2) is 8.03. The average Bonchev–Trinajstić information content (AvgIpc) is 2.54. The first-order valence-corrected chi connectivity index (χ1v) is 9.34. The number of hydrogen-bond donors (Lipinski definition) is 0. The van der Waals surface area contributed by atoms with Crippen molar-refractivity contribution in [3.8, 4) is 0 Å². The molecule has 1 aromatic carbocycles. The van der Waals surface area contributed by atoms with Gasteiger partial charge in [-0.1, -0.05) is 20.8 Å². The summed E-state index contributed by atoms with van der Waals surface area (Å²) in [7, 11) is -2.71. The van der Waals surface area contributed by atoms with Crippen molar-refractivity contribution >= 4 is 8.56 Å². The van der Waals surface area contributed by atoms with Gasteiger partial charge in [-0.25, -0.2) is 22.0 Å². The molecule has 22 heavy (non-hydrogen) atoms. The Hall–Kier alpha value is -0.993. The van der Waals surface area contributed by atoms with E-state index < -0.39 is 49.8 Å². The van der Waals surface area contributed by atoms with E-state index in [9.17, 15) is 22.0 Å². The first-order valence-electron chi connectivity index (χ1n) is 7.11. The number of rotatable bonds is 8. The van der Waals surface area contributed by atoms with Gasteiger partial charge in [0.1, 0.15) is 0 Å². The highest BCUT2D eigenvalue weighted by atomic mass is 28.4. The van der Waals surface area contributed by atoms with Gasteiger partial charge in [-0.05, 0) is 18.5 Å². The monoisotopic (exact) mass is 342 g/mol. The summed E-state index contributed by atoms with van der Waals surface area (Å²) in [4.78, 5) is 0. The summed E-state index contributed by atoms with van der Waals surface area (Å²) in [6.45, 7) is 5.23. The summed E-state index contributed by atoms with van der Waals surface area (Å²) >= 11 is 0. The van der Waals surface area contributed by atoms with Crippen LogP contribution in [0.3, 0.4) is 0 Å². The maximum absolute atomic E-state index is 13.6. The summed E-state index contributed by atoms with van der Waals surface area (Å²) in [5, 5.41) is 0. The molecular formula is C14H19F5O2Si. The normalized spacial score (nSPS) is 12.0. The highest BCUT2D eigenvalue weighted by Crippen LogP contribution is 2.26. The van der Waals surface area contributed by atoms with Crippen molar-refractivity contribution in [3.05, 3.63) is 34.6 Å². The second-order valence-corrected chi connectivity index (χ2v) is 8.62. The highest BCUT2D eigenvalue weighted by Gasteiger charge is 2.35. The molecule has 0 saturated carbocycles. The lowest BCUT2D eigenvalue weighted by molar-refractivity contribution is 0.156. The summed E-state index contributed by atoms with van der Waals surface area (Å²) < 4.78 is 77.7. The molecular weight excluding hydrogens is 323 g/mol. The Kier molecular flexibility index (Phi) is 6.95. The van der Waals surface area contributed by atoms with E-state index in [0.717, 1.165) is 6.42 Å². The fourth-order valence-electron chi connectivity index (χ4n) is 1.97. The fraction of sp³-hybridized carbons (Fsp3) is 0.571. The molecule has 1 rings (SSSR count). The standard InChI is InChI=1S/C14H19F5O2Si/c1-4-7-20-22(5-2,6-3)21-8-9-10(15)12(17)14(19)13(18)11(9)16/h4-8H2,1-3H3. The van der Waals surface area contributed by atoms with Crippen molar-refractivity contribution in [2.24, 2.45) is 0 Å². The number of benzene rings is 1. The van der Waals surface area contributed by atoms with Gasteiger partial charge in [-0.2, -0.15) is 0 Å². The minimum absolute atomic E-state index is 0.422. The molecule has 0 N–H and O–H groups in total. The van der Waals surface area contributed by atoms with Gasteiger partial charge in [0.15, 0.2) is 23.3 Å². The number of halogens is 5. The first kappa shape index (κ1) is 19.1. The SMILES string of the molecule is CCCO[Si](CC)(CC)OCc1c(F)c(F)c(F)c(F)c1F. The van der Waals surface area contributed by atoms with Crippen LogP contribution in [0.15, 0.2) is 0 Å². The van der Waals surface area contributed by atoms with Crippen LogP contribution < -0.4 is 0 Å². The lowest BCUT2D eigenvalue weighted by Crippen LogP contribution is -2.41. The zero-order valence-corrected chi connectivity index (χ0v) is 13.7. The van der Waals surface area contributed by atoms with E-state index in [1.54, 1.807) is 0 Å². The van der Waals surface area contributed by atoms with Crippen molar-refractivity contribution in [3.63, 3.8) is 0 Å². The van der Waals surface area contributed by atoms with E-state index in [1.807, 2.05) is 20.8 Å². The van der Waals surface area contributed by atoms with Crippen LogP contribution in [0.5, 0.6) is 0 Å². The maximum Gasteiger partial charge on any atom is 0.337 e. The molecule has 0 aliphatic heterocycles. The fourth-order valence-corrected chi connectivity index (χ4v) is 4.35. The van der Waals surface area contributed by atoms with Crippen LogP contribution in [-0.2, 0) is 15.5 Å². The molecule has 0 heterocycles. The first-order chi connectivity index (χ1) is 10.3. The lowest BCUT2D eigenvalue weighted by Gasteiger charge is -2.28. The summed E-state index contributed by atoms with van der Waals surface area (Å²) in [5.74, 6) is -9.82. The Bertz CT molecular complexity index is 491. The third kappa shape index (κ3) is 3.85. The molecule has 0 aliphatic carbocycles. The summed E-state index contributed by atoms with van der Waals surface area (Å²) in [6.07, 6.45) is 0.737. The van der Waals surface area contributed by atoms with Gasteiger partial charge in [-0.15, -0.1) is 0 Å². The molecule has 0 unspecified atom stereocenters. The highest BCUT2D eigenvalue weighted by molar-refractivity contribution is 6.67. The molecule has 1 aromatic rings. The third-order valence-electron chi connectivity index (χ3n) is 3.43. The average molecular weight is 342 g/mol. The van der Waals surface area contributed by atoms with Crippen molar-refractivity contribution < 1.29 is 30.8 Å². The predicted molar refractivity (Wildman–Crippen MR) is 74.0 cm³/mol. The minimum Gasteiger partial charge on any atom is -0.394 e. The zero-order chi connectivity index (χ0) is 16.9. The Morgan fingerprint density at radius 3 is 1.59 bits per heavy atom. The maximum atomic E-state index is 13.6. The molecule has 0 spiro atoms. The third-order valence-corrected chi connectivity index (χ3v) is 6.98. The molecule has 2 nitrogen and oxygen atoms in total. The van der Waals surface area contributed by atoms with Gasteiger partial charge in [0.25, 0.3) is 0 Å². The summed E-state index contributed by atoms with van der Waals surface area (Å²) in [6, 6.07) is 1.03. The molecule has 0 aliphatic rings. The minimum atomic E-state index is -2.71. The predicted octanol–water partition coefficient (Wildman–Crippen LogP) is 4.81. The second-order valence-electron chi connectivity index (χ2n) is 4.80. The Labute approximate surface area is 127 Å². The lowest BCUT2D eigenvalue weighted by atomic mass is 10.2. The molecule has 126 valence electrons. The Morgan fingerprint density at radius 2 is 1.18 bits per heavy atom. The zero-order valence-electron chi connectivity index (χ0n) is 12.7. The van der Waals surface area contributed by atoms with Crippen molar-refractivity contribution in [1.29, 1.82) is 0 Å². The summed E-state index contributed by atoms with van der Waals surface area (Å²) in [5.41, 5.74) is -0.963. The van der Waals surface area contributed by atoms with Gasteiger partial charge >= 0.3 is 8.56 Å². The van der Waals surface area contributed by atoms with Crippen LogP contribution in [-0.4, -0.2) is 15.2 Å². The topological polar surface area (TPSA) is 18.5 Å². The Balaban J connectivity index is 3.04. The molecule has 8 heteroatoms. The molecule has 0 fully saturated rings. The molecule has 0 radical (unpaired) electrons. The van der Waals surface area contributed by atoms with Crippen LogP contribution in [0.4, 0.5) is 22.0 Å². The van der Waals surface area contributed by atoms with Gasteiger partial charge in [0.05, 0.1) is 12.2 Å². The quantitative estimate of drug-likeness (QED) is 0.292. The van der Waals surface area contributed by atoms with Crippen LogP contribution in [0, 0.1) is 29.1 Å². The van der Waals surface area contributed by atoms with Gasteiger partial charge in [0, 0.05) is 6.61 Å². The largest absolute Gasteiger partial charge is 0.394 e. The molecule has 0 aromatic heterocycles. The molecule has 0 saturated heterocycles. The van der Waals surface area contributed by atoms with Crippen LogP contribution in [0.25, 0.3) is 0 Å². The smallest absolute Gasteiger partial charge is 0.337 e. The van der Waals surface area contributed by atoms with E-state index in [1.165, 1.54) is 0 Å². The molecule has 0 atom stereocenters. The number of hydrogen-bond acceptors (Lipinski definition) is 2. The van der Waals surface area contributed by atoms with Crippen molar-refractivity contribution in [2.75, 3.05) is 6.61 Å². The van der Waals surface area contributed by atoms with Crippen LogP contribution in [0.1, 0.15) is 32.8 Å². The van der Waals surface area contributed by atoms with Gasteiger partial charge in [-0.3, -0.25) is 0 Å². The van der Waals surface area contributed by atoms with E-state index in [2.05, 4.69) is 0 Å². The van der Waals surface area contributed by atoms with Crippen molar-refractivity contribution in [1.82, 2.24) is 0 Å². The van der Waals surface area contributed by atoms with Gasteiger partial charge < -0.3 is 8.85 Å². The van der Waals surface area contributed by atoms with Gasteiger partial charge in [0.2, 0.25) is 5.82 Å². The van der Waals surface area contributed by atoms with E-state index in [4.69, 9.17) is 8.85 Å². The van der Waals surface area contributed by atoms with E-state index in [0.29, 0.717) is 18.7 Å². The van der Waals surface area contributed by atoms with E-state index in [-0.39, 0.29) is 0 Å². The Morgan fingerprint density at radius 1 is 0.727 bits per heavy atom. The van der Waals surface area contributed by atoms with Crippen LogP contribution in [0.2, 0.25) is 12.1 Å².